The standard InChI is InChI=1S/C13H13BrN2O3S2/c1-8-11(7-12(14)20-8)21(18,19)16-10-5-3-4-9(6-10)13(17)15-2/h3-7,16H,1-2H3,(H,15,17). The van der Waals surface area contributed by atoms with Crippen molar-refractivity contribution in [3.63, 3.8) is 0 Å². The van der Waals surface area contributed by atoms with Crippen LogP contribution in [0.2, 0.25) is 0 Å². The maximum atomic E-state index is 12.4. The molecule has 0 bridgehead atoms. The zero-order valence-electron chi connectivity index (χ0n) is 11.3. The molecule has 1 aromatic heterocycles. The van der Waals surface area contributed by atoms with Gasteiger partial charge >= 0.3 is 0 Å². The van der Waals surface area contributed by atoms with Gasteiger partial charge in [-0.15, -0.1) is 11.3 Å². The van der Waals surface area contributed by atoms with Crippen LogP contribution in [0.3, 0.4) is 0 Å². The minimum atomic E-state index is -3.67. The quantitative estimate of drug-likeness (QED) is 0.844. The highest BCUT2D eigenvalue weighted by atomic mass is 79.9. The van der Waals surface area contributed by atoms with Gasteiger partial charge in [0.1, 0.15) is 4.90 Å². The van der Waals surface area contributed by atoms with Crippen LogP contribution in [-0.2, 0) is 10.0 Å². The topological polar surface area (TPSA) is 75.3 Å². The molecule has 8 heteroatoms. The van der Waals surface area contributed by atoms with Crippen molar-refractivity contribution in [3.05, 3.63) is 44.6 Å². The van der Waals surface area contributed by atoms with Gasteiger partial charge in [0.05, 0.1) is 3.79 Å². The number of sulfonamides is 1. The number of anilines is 1. The minimum absolute atomic E-state index is 0.227. The molecule has 5 nitrogen and oxygen atoms in total. The first-order chi connectivity index (χ1) is 9.83. The van der Waals surface area contributed by atoms with Crippen LogP contribution in [0.15, 0.2) is 39.0 Å². The number of hydrogen-bond donors (Lipinski definition) is 2. The van der Waals surface area contributed by atoms with Gasteiger partial charge in [0.2, 0.25) is 0 Å². The van der Waals surface area contributed by atoms with Gasteiger partial charge in [-0.1, -0.05) is 6.07 Å². The first-order valence-electron chi connectivity index (χ1n) is 5.94. The molecule has 112 valence electrons. The van der Waals surface area contributed by atoms with E-state index in [1.54, 1.807) is 31.2 Å². The van der Waals surface area contributed by atoms with Crippen molar-refractivity contribution in [3.8, 4) is 0 Å². The summed E-state index contributed by atoms with van der Waals surface area (Å²) in [4.78, 5) is 12.5. The summed E-state index contributed by atoms with van der Waals surface area (Å²) in [6, 6.07) is 7.89. The number of carbonyl (C=O) groups excluding carboxylic acids is 1. The summed E-state index contributed by atoms with van der Waals surface area (Å²) in [5.74, 6) is -0.273. The predicted octanol–water partition coefficient (Wildman–Crippen LogP) is 2.98. The Morgan fingerprint density at radius 3 is 2.57 bits per heavy atom. The largest absolute Gasteiger partial charge is 0.355 e. The van der Waals surface area contributed by atoms with Crippen LogP contribution in [0.4, 0.5) is 5.69 Å². The smallest absolute Gasteiger partial charge is 0.263 e. The van der Waals surface area contributed by atoms with Crippen LogP contribution >= 0.6 is 27.3 Å². The Balaban J connectivity index is 2.33. The fraction of sp³-hybridized carbons (Fsp3) is 0.154. The molecule has 0 saturated carbocycles. The third-order valence-corrected chi connectivity index (χ3v) is 5.93. The lowest BCUT2D eigenvalue weighted by molar-refractivity contribution is 0.0963. The normalized spacial score (nSPS) is 11.2. The lowest BCUT2D eigenvalue weighted by Gasteiger charge is -2.09. The molecule has 2 aromatic rings. The Hall–Kier alpha value is -1.38. The van der Waals surface area contributed by atoms with Gasteiger partial charge in [-0.25, -0.2) is 8.42 Å². The second-order valence-corrected chi connectivity index (χ2v) is 8.52. The SMILES string of the molecule is CNC(=O)c1cccc(NS(=O)(=O)c2cc(Br)sc2C)c1. The first kappa shape index (κ1) is 16.0. The molecule has 0 aliphatic heterocycles. The van der Waals surface area contributed by atoms with Crippen molar-refractivity contribution >= 4 is 48.9 Å². The van der Waals surface area contributed by atoms with E-state index >= 15 is 0 Å². The summed E-state index contributed by atoms with van der Waals surface area (Å²) in [6.07, 6.45) is 0. The summed E-state index contributed by atoms with van der Waals surface area (Å²) in [5, 5.41) is 2.49. The zero-order chi connectivity index (χ0) is 15.6. The highest BCUT2D eigenvalue weighted by molar-refractivity contribution is 9.11. The molecule has 0 fully saturated rings. The van der Waals surface area contributed by atoms with Gasteiger partial charge in [0.15, 0.2) is 0 Å². The number of aryl methyl sites for hydroxylation is 1. The second kappa shape index (κ2) is 6.17. The average molecular weight is 389 g/mol. The Morgan fingerprint density at radius 2 is 2.00 bits per heavy atom. The van der Waals surface area contributed by atoms with E-state index in [9.17, 15) is 13.2 Å². The number of benzene rings is 1. The fourth-order valence-corrected chi connectivity index (χ4v) is 5.24. The van der Waals surface area contributed by atoms with Crippen LogP contribution in [-0.4, -0.2) is 21.4 Å². The third-order valence-electron chi connectivity index (χ3n) is 2.74. The molecule has 1 heterocycles. The number of nitrogens with one attached hydrogen (secondary N) is 2. The molecular weight excluding hydrogens is 376 g/mol. The highest BCUT2D eigenvalue weighted by Crippen LogP contribution is 2.30. The van der Waals surface area contributed by atoms with Gasteiger partial charge in [-0.3, -0.25) is 9.52 Å². The van der Waals surface area contributed by atoms with E-state index in [-0.39, 0.29) is 10.8 Å². The molecule has 0 spiro atoms. The average Bonchev–Trinajstić information content (AvgIpc) is 2.77. The van der Waals surface area contributed by atoms with Gasteiger partial charge < -0.3 is 5.32 Å². The monoisotopic (exact) mass is 388 g/mol. The van der Waals surface area contributed by atoms with E-state index in [2.05, 4.69) is 26.0 Å². The molecule has 2 rings (SSSR count). The molecule has 0 atom stereocenters. The first-order valence-corrected chi connectivity index (χ1v) is 9.03. The molecular formula is C13H13BrN2O3S2. The summed E-state index contributed by atoms with van der Waals surface area (Å²) in [7, 11) is -2.15. The zero-order valence-corrected chi connectivity index (χ0v) is 14.5. The predicted molar refractivity (Wildman–Crippen MR) is 87.4 cm³/mol. The molecule has 0 radical (unpaired) electrons. The Bertz CT molecular complexity index is 784. The molecule has 1 amide bonds. The molecule has 1 aromatic carbocycles. The molecule has 0 saturated heterocycles. The van der Waals surface area contributed by atoms with Crippen molar-refractivity contribution in [2.45, 2.75) is 11.8 Å². The van der Waals surface area contributed by atoms with E-state index < -0.39 is 10.0 Å². The van der Waals surface area contributed by atoms with Crippen molar-refractivity contribution in [1.29, 1.82) is 0 Å². The maximum Gasteiger partial charge on any atom is 0.263 e. The van der Waals surface area contributed by atoms with Gasteiger partial charge in [0, 0.05) is 23.2 Å². The van der Waals surface area contributed by atoms with E-state index in [1.165, 1.54) is 24.5 Å². The summed E-state index contributed by atoms with van der Waals surface area (Å²) in [5.41, 5.74) is 0.735. The lowest BCUT2D eigenvalue weighted by Crippen LogP contribution is -2.18. The Morgan fingerprint density at radius 1 is 1.29 bits per heavy atom. The number of amides is 1. The van der Waals surface area contributed by atoms with Crippen LogP contribution in [0, 0.1) is 6.92 Å². The highest BCUT2D eigenvalue weighted by Gasteiger charge is 2.20. The second-order valence-electron chi connectivity index (χ2n) is 4.24. The minimum Gasteiger partial charge on any atom is -0.355 e. The van der Waals surface area contributed by atoms with Crippen molar-refractivity contribution in [1.82, 2.24) is 5.32 Å². The number of hydrogen-bond acceptors (Lipinski definition) is 4. The maximum absolute atomic E-state index is 12.4. The number of thiophene rings is 1. The molecule has 0 aliphatic rings. The van der Waals surface area contributed by atoms with Crippen LogP contribution in [0.5, 0.6) is 0 Å². The van der Waals surface area contributed by atoms with Crippen molar-refractivity contribution < 1.29 is 13.2 Å². The molecule has 0 unspecified atom stereocenters. The van der Waals surface area contributed by atoms with E-state index in [4.69, 9.17) is 0 Å². The van der Waals surface area contributed by atoms with E-state index in [0.29, 0.717) is 16.1 Å². The van der Waals surface area contributed by atoms with Gasteiger partial charge in [-0.2, -0.15) is 0 Å². The van der Waals surface area contributed by atoms with Crippen LogP contribution in [0.1, 0.15) is 15.2 Å². The molecule has 0 aliphatic carbocycles. The van der Waals surface area contributed by atoms with Crippen LogP contribution in [0.25, 0.3) is 0 Å². The molecule has 2 N–H and O–H groups in total. The summed E-state index contributed by atoms with van der Waals surface area (Å²) in [6.45, 7) is 1.74. The summed E-state index contributed by atoms with van der Waals surface area (Å²) < 4.78 is 28.0. The van der Waals surface area contributed by atoms with Crippen molar-refractivity contribution in [2.75, 3.05) is 11.8 Å². The van der Waals surface area contributed by atoms with E-state index in [1.807, 2.05) is 0 Å². The third kappa shape index (κ3) is 3.63. The lowest BCUT2D eigenvalue weighted by atomic mass is 10.2. The number of halogens is 1. The van der Waals surface area contributed by atoms with Gasteiger partial charge in [-0.05, 0) is 47.1 Å². The Kier molecular flexibility index (Phi) is 4.70. The van der Waals surface area contributed by atoms with E-state index in [0.717, 1.165) is 3.79 Å². The number of carbonyl (C=O) groups is 1. The Labute approximate surface area is 135 Å². The molecule has 21 heavy (non-hydrogen) atoms. The summed E-state index contributed by atoms with van der Waals surface area (Å²) >= 11 is 4.63. The fourth-order valence-electron chi connectivity index (χ4n) is 1.78. The van der Waals surface area contributed by atoms with Gasteiger partial charge in [0.25, 0.3) is 15.9 Å². The van der Waals surface area contributed by atoms with Crippen molar-refractivity contribution in [2.24, 2.45) is 0 Å². The van der Waals surface area contributed by atoms with Crippen LogP contribution < -0.4 is 10.0 Å². The number of rotatable bonds is 4.